The van der Waals surface area contributed by atoms with E-state index in [1.54, 1.807) is 0 Å². The van der Waals surface area contributed by atoms with Crippen LogP contribution in [0.15, 0.2) is 0 Å². The number of hydrogen-bond donors (Lipinski definition) is 0. The van der Waals surface area contributed by atoms with Crippen LogP contribution < -0.4 is 0 Å². The van der Waals surface area contributed by atoms with Crippen molar-refractivity contribution < 1.29 is 33.3 Å². The summed E-state index contributed by atoms with van der Waals surface area (Å²) in [5.41, 5.74) is 0. The van der Waals surface area contributed by atoms with Crippen molar-refractivity contribution in [1.82, 2.24) is 9.80 Å². The highest BCUT2D eigenvalue weighted by Crippen LogP contribution is 2.20. The van der Waals surface area contributed by atoms with Crippen molar-refractivity contribution in [3.8, 4) is 0 Å². The van der Waals surface area contributed by atoms with Crippen LogP contribution in [0.5, 0.6) is 0 Å². The Bertz CT molecular complexity index is 915. The quantitative estimate of drug-likeness (QED) is 0.0338. The third-order valence-corrected chi connectivity index (χ3v) is 11.6. The number of carbonyl (C=O) groups excluding carboxylic acids is 3. The number of hydrogen-bond acceptors (Lipinski definition) is 9. The van der Waals surface area contributed by atoms with E-state index in [1.165, 1.54) is 96.3 Å². The Morgan fingerprint density at radius 2 is 0.828 bits per heavy atom. The van der Waals surface area contributed by atoms with Gasteiger partial charge >= 0.3 is 18.1 Å². The molecule has 0 amide bonds. The number of esters is 2. The molecule has 0 bridgehead atoms. The summed E-state index contributed by atoms with van der Waals surface area (Å²) in [6.45, 7) is 19.3. The zero-order chi connectivity index (χ0) is 42.7. The second kappa shape index (κ2) is 43.2. The molecule has 0 rings (SSSR count). The summed E-state index contributed by atoms with van der Waals surface area (Å²) in [6.07, 6.45) is 31.0. The second-order valence-electron chi connectivity index (χ2n) is 16.8. The van der Waals surface area contributed by atoms with E-state index in [0.717, 1.165) is 103 Å². The first-order valence-corrected chi connectivity index (χ1v) is 24.9. The number of ether oxygens (including phenoxy) is 4. The van der Waals surface area contributed by atoms with Crippen LogP contribution in [0.25, 0.3) is 0 Å². The summed E-state index contributed by atoms with van der Waals surface area (Å²) in [4.78, 5) is 42.2. The van der Waals surface area contributed by atoms with E-state index in [2.05, 4.69) is 51.3 Å². The van der Waals surface area contributed by atoms with Gasteiger partial charge in [0.1, 0.15) is 19.3 Å². The fraction of sp³-hybridized carbons (Fsp3) is 0.939. The Balaban J connectivity index is 4.54. The molecule has 58 heavy (non-hydrogen) atoms. The van der Waals surface area contributed by atoms with Crippen LogP contribution in [-0.2, 0) is 28.5 Å². The molecule has 344 valence electrons. The van der Waals surface area contributed by atoms with Crippen molar-refractivity contribution in [2.24, 2.45) is 5.92 Å². The molecular weight excluding hydrogens is 729 g/mol. The van der Waals surface area contributed by atoms with E-state index >= 15 is 0 Å². The van der Waals surface area contributed by atoms with Gasteiger partial charge in [0.15, 0.2) is 0 Å². The fourth-order valence-electron chi connectivity index (χ4n) is 7.53. The van der Waals surface area contributed by atoms with Crippen molar-refractivity contribution in [3.63, 3.8) is 0 Å². The number of carbonyl (C=O) groups is 3. The van der Waals surface area contributed by atoms with Gasteiger partial charge in [-0.05, 0) is 70.4 Å². The van der Waals surface area contributed by atoms with Crippen LogP contribution in [0.1, 0.15) is 228 Å². The third-order valence-electron chi connectivity index (χ3n) is 11.6. The van der Waals surface area contributed by atoms with E-state index in [-0.39, 0.29) is 24.6 Å². The summed E-state index contributed by atoms with van der Waals surface area (Å²) in [6, 6.07) is 0. The molecule has 0 spiro atoms. The van der Waals surface area contributed by atoms with Gasteiger partial charge in [-0.1, -0.05) is 164 Å². The predicted molar refractivity (Wildman–Crippen MR) is 242 cm³/mol. The molecule has 0 aliphatic rings. The highest BCUT2D eigenvalue weighted by molar-refractivity contribution is 5.69. The van der Waals surface area contributed by atoms with Crippen LogP contribution in [0.2, 0.25) is 0 Å². The van der Waals surface area contributed by atoms with Crippen LogP contribution >= 0.6 is 0 Å². The summed E-state index contributed by atoms with van der Waals surface area (Å²) in [5, 5.41) is 0. The van der Waals surface area contributed by atoms with E-state index in [1.807, 2.05) is 0 Å². The molecule has 0 aromatic rings. The van der Waals surface area contributed by atoms with Crippen LogP contribution in [0.4, 0.5) is 4.79 Å². The molecule has 0 saturated heterocycles. The molecule has 0 saturated carbocycles. The summed E-state index contributed by atoms with van der Waals surface area (Å²) >= 11 is 0. The topological polar surface area (TPSA) is 94.6 Å². The molecule has 2 atom stereocenters. The SMILES string of the molecule is CCCCCCCCC(=O)OCCN(CCOC(=O)OC(CCCCCC)CCCCCCCCCC(=O)OCC(CCCC)CCCCCC)CCN(CC)CC. The Morgan fingerprint density at radius 1 is 0.414 bits per heavy atom. The van der Waals surface area contributed by atoms with E-state index in [4.69, 9.17) is 18.9 Å². The highest BCUT2D eigenvalue weighted by Gasteiger charge is 2.17. The van der Waals surface area contributed by atoms with Gasteiger partial charge in [-0.25, -0.2) is 4.79 Å². The standard InChI is InChI=1S/C49H96N2O7/c1-7-13-17-20-25-30-36-47(52)55-42-40-51(39-38-50(11-5)12-6)41-43-56-49(54)58-46(34-28-19-15-9-3)35-29-24-22-21-23-26-31-37-48(53)57-44-45(32-16-10-4)33-27-18-14-8-2/h45-46H,7-44H2,1-6H3. The molecule has 0 aromatic carbocycles. The predicted octanol–water partition coefficient (Wildman–Crippen LogP) is 13.2. The lowest BCUT2D eigenvalue weighted by molar-refractivity contribution is -0.145. The third kappa shape index (κ3) is 37.2. The molecule has 0 heterocycles. The first-order valence-electron chi connectivity index (χ1n) is 24.9. The van der Waals surface area contributed by atoms with Gasteiger partial charge in [0, 0.05) is 39.0 Å². The minimum Gasteiger partial charge on any atom is -0.465 e. The van der Waals surface area contributed by atoms with Crippen LogP contribution in [-0.4, -0.2) is 93.1 Å². The minimum atomic E-state index is -0.573. The van der Waals surface area contributed by atoms with Gasteiger partial charge in [0.05, 0.1) is 6.61 Å². The van der Waals surface area contributed by atoms with Crippen LogP contribution in [0.3, 0.4) is 0 Å². The molecule has 0 aliphatic heterocycles. The number of rotatable bonds is 44. The summed E-state index contributed by atoms with van der Waals surface area (Å²) in [7, 11) is 0. The van der Waals surface area contributed by atoms with E-state index in [0.29, 0.717) is 45.1 Å². The highest BCUT2D eigenvalue weighted by atomic mass is 16.7. The molecule has 2 unspecified atom stereocenters. The molecular formula is C49H96N2O7. The Kier molecular flexibility index (Phi) is 41.8. The number of nitrogens with zero attached hydrogens (tertiary/aromatic N) is 2. The average Bonchev–Trinajstić information content (AvgIpc) is 3.22. The van der Waals surface area contributed by atoms with Gasteiger partial charge in [-0.3, -0.25) is 14.5 Å². The van der Waals surface area contributed by atoms with Crippen molar-refractivity contribution in [2.45, 2.75) is 234 Å². The second-order valence-corrected chi connectivity index (χ2v) is 16.8. The smallest absolute Gasteiger partial charge is 0.465 e. The first kappa shape index (κ1) is 56.1. The van der Waals surface area contributed by atoms with Gasteiger partial charge in [0.25, 0.3) is 0 Å². The minimum absolute atomic E-state index is 0.0252. The van der Waals surface area contributed by atoms with Gasteiger partial charge < -0.3 is 23.8 Å². The maximum Gasteiger partial charge on any atom is 0.508 e. The summed E-state index contributed by atoms with van der Waals surface area (Å²) in [5.74, 6) is 0.376. The molecule has 0 N–H and O–H groups in total. The van der Waals surface area contributed by atoms with Crippen LogP contribution in [0, 0.1) is 5.92 Å². The zero-order valence-electron chi connectivity index (χ0n) is 39.3. The maximum absolute atomic E-state index is 12.9. The lowest BCUT2D eigenvalue weighted by Gasteiger charge is -2.26. The molecule has 0 fully saturated rings. The largest absolute Gasteiger partial charge is 0.508 e. The lowest BCUT2D eigenvalue weighted by Crippen LogP contribution is -2.39. The van der Waals surface area contributed by atoms with Gasteiger partial charge in [0.2, 0.25) is 0 Å². The van der Waals surface area contributed by atoms with Gasteiger partial charge in [-0.2, -0.15) is 0 Å². The van der Waals surface area contributed by atoms with Crippen molar-refractivity contribution in [3.05, 3.63) is 0 Å². The number of unbranched alkanes of at least 4 members (excludes halogenated alkanes) is 18. The number of likely N-dealkylation sites (N-methyl/N-ethyl adjacent to an activating group) is 1. The summed E-state index contributed by atoms with van der Waals surface area (Å²) < 4.78 is 22.8. The Morgan fingerprint density at radius 3 is 1.36 bits per heavy atom. The van der Waals surface area contributed by atoms with Gasteiger partial charge in [-0.15, -0.1) is 0 Å². The van der Waals surface area contributed by atoms with E-state index < -0.39 is 6.16 Å². The molecule has 0 radical (unpaired) electrons. The van der Waals surface area contributed by atoms with Crippen molar-refractivity contribution >= 4 is 18.1 Å². The first-order chi connectivity index (χ1) is 28.3. The normalized spacial score (nSPS) is 12.6. The molecule has 0 aromatic heterocycles. The molecule has 9 nitrogen and oxygen atoms in total. The van der Waals surface area contributed by atoms with Crippen molar-refractivity contribution in [1.29, 1.82) is 0 Å². The monoisotopic (exact) mass is 825 g/mol. The molecule has 0 aliphatic carbocycles. The average molecular weight is 825 g/mol. The van der Waals surface area contributed by atoms with Crippen molar-refractivity contribution in [2.75, 3.05) is 59.1 Å². The lowest BCUT2D eigenvalue weighted by atomic mass is 9.96. The fourth-order valence-corrected chi connectivity index (χ4v) is 7.53. The zero-order valence-corrected chi connectivity index (χ0v) is 39.3. The maximum atomic E-state index is 12.9. The van der Waals surface area contributed by atoms with E-state index in [9.17, 15) is 14.4 Å². The Labute approximate surface area is 359 Å². The Hall–Kier alpha value is -1.87. The molecule has 9 heteroatoms.